The van der Waals surface area contributed by atoms with Crippen molar-refractivity contribution >= 4 is 34.7 Å². The lowest BCUT2D eigenvalue weighted by molar-refractivity contribution is -0.137. The number of carbonyl (C=O) groups excluding carboxylic acids is 1. The van der Waals surface area contributed by atoms with Crippen molar-refractivity contribution in [2.75, 3.05) is 5.32 Å². The zero-order chi connectivity index (χ0) is 30.0. The molecule has 42 heavy (non-hydrogen) atoms. The van der Waals surface area contributed by atoms with Crippen LogP contribution in [0.15, 0.2) is 77.9 Å². The Hall–Kier alpha value is -4.80. The highest BCUT2D eigenvalue weighted by Crippen LogP contribution is 2.35. The SMILES string of the molecule is N#Cc1c(-c2c(F)ccc(=O)n2Cc2ccncc2)nn(C(=O)c2ccccc2C(F)(F)F)c1NCc1ccc(Cl)s1. The lowest BCUT2D eigenvalue weighted by atomic mass is 10.1. The predicted molar refractivity (Wildman–Crippen MR) is 148 cm³/mol. The number of nitrogens with one attached hydrogen (secondary N) is 1. The Morgan fingerprint density at radius 1 is 1.07 bits per heavy atom. The number of thiophene rings is 1. The van der Waals surface area contributed by atoms with Gasteiger partial charge in [0, 0.05) is 23.3 Å². The van der Waals surface area contributed by atoms with Crippen molar-refractivity contribution in [1.82, 2.24) is 19.3 Å². The van der Waals surface area contributed by atoms with Gasteiger partial charge in [0.05, 0.1) is 28.6 Å². The van der Waals surface area contributed by atoms with Gasteiger partial charge < -0.3 is 5.32 Å². The number of alkyl halides is 3. The number of anilines is 1. The molecule has 0 amide bonds. The van der Waals surface area contributed by atoms with E-state index in [2.05, 4.69) is 15.4 Å². The molecule has 0 atom stereocenters. The number of hydrogen-bond acceptors (Lipinski definition) is 7. The summed E-state index contributed by atoms with van der Waals surface area (Å²) < 4.78 is 59.0. The molecule has 8 nitrogen and oxygen atoms in total. The largest absolute Gasteiger partial charge is 0.417 e. The van der Waals surface area contributed by atoms with Gasteiger partial charge in [0.2, 0.25) is 0 Å². The second-order valence-electron chi connectivity index (χ2n) is 8.81. The average molecular weight is 613 g/mol. The number of nitrogens with zero attached hydrogens (tertiary/aromatic N) is 5. The standard InChI is InChI=1S/C28H17ClF4N6O2S/c29-22-7-5-17(42-22)14-36-26-19(13-34)24(37-39(26)27(41)18-3-1-2-4-20(18)28(31,32)33)25-21(30)6-8-23(40)38(25)15-16-9-11-35-12-10-16/h1-12,36H,14-15H2. The Morgan fingerprint density at radius 3 is 2.48 bits per heavy atom. The van der Waals surface area contributed by atoms with E-state index in [1.807, 2.05) is 6.07 Å². The average Bonchev–Trinajstić information content (AvgIpc) is 3.56. The summed E-state index contributed by atoms with van der Waals surface area (Å²) in [6.45, 7) is -0.139. The Labute approximate surface area is 244 Å². The molecule has 0 saturated heterocycles. The quantitative estimate of drug-likeness (QED) is 0.219. The van der Waals surface area contributed by atoms with Gasteiger partial charge in [-0.3, -0.25) is 19.1 Å². The smallest absolute Gasteiger partial charge is 0.364 e. The van der Waals surface area contributed by atoms with Gasteiger partial charge in [-0.15, -0.1) is 11.3 Å². The third-order valence-electron chi connectivity index (χ3n) is 6.16. The first-order valence-corrected chi connectivity index (χ1v) is 13.3. The van der Waals surface area contributed by atoms with Crippen molar-refractivity contribution in [3.05, 3.63) is 121 Å². The lowest BCUT2D eigenvalue weighted by Crippen LogP contribution is -2.23. The van der Waals surface area contributed by atoms with Crippen molar-refractivity contribution in [3.8, 4) is 17.5 Å². The van der Waals surface area contributed by atoms with E-state index in [0.717, 1.165) is 34.9 Å². The van der Waals surface area contributed by atoms with E-state index in [4.69, 9.17) is 11.6 Å². The number of carbonyl (C=O) groups is 1. The van der Waals surface area contributed by atoms with E-state index >= 15 is 4.39 Å². The van der Waals surface area contributed by atoms with Crippen molar-refractivity contribution in [3.63, 3.8) is 0 Å². The molecular weight excluding hydrogens is 596 g/mol. The number of rotatable bonds is 7. The molecule has 0 unspecified atom stereocenters. The third kappa shape index (κ3) is 5.67. The maximum absolute atomic E-state index is 15.5. The first kappa shape index (κ1) is 28.7. The summed E-state index contributed by atoms with van der Waals surface area (Å²) in [6.07, 6.45) is -1.92. The fraction of sp³-hybridized carbons (Fsp3) is 0.107. The summed E-state index contributed by atoms with van der Waals surface area (Å²) in [5.74, 6) is -2.45. The van der Waals surface area contributed by atoms with E-state index in [0.29, 0.717) is 19.5 Å². The molecule has 0 radical (unpaired) electrons. The van der Waals surface area contributed by atoms with Crippen molar-refractivity contribution in [1.29, 1.82) is 5.26 Å². The van der Waals surface area contributed by atoms with Gasteiger partial charge in [-0.1, -0.05) is 23.7 Å². The van der Waals surface area contributed by atoms with E-state index in [9.17, 15) is 28.0 Å². The number of halogens is 5. The summed E-state index contributed by atoms with van der Waals surface area (Å²) in [4.78, 5) is 31.2. The number of aromatic nitrogens is 4. The molecule has 0 fully saturated rings. The van der Waals surface area contributed by atoms with E-state index in [-0.39, 0.29) is 24.5 Å². The van der Waals surface area contributed by atoms with E-state index < -0.39 is 46.0 Å². The Kier molecular flexibility index (Phi) is 7.93. The topological polar surface area (TPSA) is 106 Å². The Balaban J connectivity index is 1.73. The van der Waals surface area contributed by atoms with E-state index in [1.54, 1.807) is 24.3 Å². The normalized spacial score (nSPS) is 11.3. The summed E-state index contributed by atoms with van der Waals surface area (Å²) in [6, 6.07) is 14.4. The van der Waals surface area contributed by atoms with Gasteiger partial charge in [0.15, 0.2) is 5.82 Å². The van der Waals surface area contributed by atoms with Gasteiger partial charge in [0.1, 0.15) is 28.8 Å². The molecular formula is C28H17ClF4N6O2S. The van der Waals surface area contributed by atoms with Crippen LogP contribution in [0, 0.1) is 17.1 Å². The Morgan fingerprint density at radius 2 is 1.81 bits per heavy atom. The predicted octanol–water partition coefficient (Wildman–Crippen LogP) is 6.20. The van der Waals surface area contributed by atoms with Crippen LogP contribution in [0.3, 0.4) is 0 Å². The first-order valence-electron chi connectivity index (χ1n) is 12.1. The first-order chi connectivity index (χ1) is 20.1. The lowest BCUT2D eigenvalue weighted by Gasteiger charge is -2.13. The van der Waals surface area contributed by atoms with Gasteiger partial charge >= 0.3 is 6.18 Å². The number of pyridine rings is 2. The monoisotopic (exact) mass is 612 g/mol. The zero-order valence-electron chi connectivity index (χ0n) is 21.2. The molecule has 0 saturated carbocycles. The molecule has 0 spiro atoms. The molecule has 4 heterocycles. The molecule has 5 rings (SSSR count). The van der Waals surface area contributed by atoms with Gasteiger partial charge in [-0.05, 0) is 48.0 Å². The summed E-state index contributed by atoms with van der Waals surface area (Å²) in [7, 11) is 0. The minimum absolute atomic E-state index is 0.00644. The van der Waals surface area contributed by atoms with Crippen LogP contribution in [0.25, 0.3) is 11.4 Å². The van der Waals surface area contributed by atoms with Crippen LogP contribution in [0.5, 0.6) is 0 Å². The molecule has 1 aromatic carbocycles. The fourth-order valence-electron chi connectivity index (χ4n) is 4.27. The number of nitriles is 1. The molecule has 0 bridgehead atoms. The fourth-order valence-corrected chi connectivity index (χ4v) is 5.30. The van der Waals surface area contributed by atoms with E-state index in [1.165, 1.54) is 29.8 Å². The molecule has 14 heteroatoms. The van der Waals surface area contributed by atoms with Crippen LogP contribution in [0.1, 0.15) is 31.9 Å². The molecule has 0 aliphatic rings. The minimum Gasteiger partial charge on any atom is -0.364 e. The van der Waals surface area contributed by atoms with Gasteiger partial charge in [-0.25, -0.2) is 4.39 Å². The van der Waals surface area contributed by atoms with Crippen LogP contribution in [-0.4, -0.2) is 25.2 Å². The second-order valence-corrected chi connectivity index (χ2v) is 10.6. The second kappa shape index (κ2) is 11.6. The minimum atomic E-state index is -4.88. The number of hydrogen-bond donors (Lipinski definition) is 1. The van der Waals surface area contributed by atoms with Gasteiger partial charge in [-0.2, -0.15) is 28.2 Å². The maximum atomic E-state index is 15.5. The van der Waals surface area contributed by atoms with Crippen LogP contribution in [0.4, 0.5) is 23.4 Å². The molecule has 5 aromatic rings. The third-order valence-corrected chi connectivity index (χ3v) is 7.39. The van der Waals surface area contributed by atoms with Crippen LogP contribution in [0.2, 0.25) is 4.34 Å². The van der Waals surface area contributed by atoms with Crippen LogP contribution < -0.4 is 10.9 Å². The summed E-state index contributed by atoms with van der Waals surface area (Å²) in [5.41, 5.74) is -3.22. The van der Waals surface area contributed by atoms with Crippen molar-refractivity contribution < 1.29 is 22.4 Å². The van der Waals surface area contributed by atoms with Crippen LogP contribution >= 0.6 is 22.9 Å². The van der Waals surface area contributed by atoms with Crippen molar-refractivity contribution in [2.24, 2.45) is 0 Å². The van der Waals surface area contributed by atoms with Crippen LogP contribution in [-0.2, 0) is 19.3 Å². The van der Waals surface area contributed by atoms with Gasteiger partial charge in [0.25, 0.3) is 11.5 Å². The maximum Gasteiger partial charge on any atom is 0.417 e. The Bertz CT molecular complexity index is 1890. The molecule has 212 valence electrons. The molecule has 0 aliphatic heterocycles. The van der Waals surface area contributed by atoms with Crippen molar-refractivity contribution in [2.45, 2.75) is 19.3 Å². The number of benzene rings is 1. The molecule has 0 aliphatic carbocycles. The molecule has 4 aromatic heterocycles. The summed E-state index contributed by atoms with van der Waals surface area (Å²) in [5, 5.41) is 17.2. The zero-order valence-corrected chi connectivity index (χ0v) is 22.8. The highest BCUT2D eigenvalue weighted by molar-refractivity contribution is 7.16. The highest BCUT2D eigenvalue weighted by Gasteiger charge is 2.37. The molecule has 1 N–H and O–H groups in total. The highest BCUT2D eigenvalue weighted by atomic mass is 35.5. The summed E-state index contributed by atoms with van der Waals surface area (Å²) >= 11 is 7.20.